The van der Waals surface area contributed by atoms with Gasteiger partial charge in [-0.3, -0.25) is 0 Å². The molecule has 1 aliphatic rings. The van der Waals surface area contributed by atoms with Gasteiger partial charge in [0.2, 0.25) is 5.79 Å². The van der Waals surface area contributed by atoms with E-state index in [0.717, 1.165) is 11.1 Å². The number of rotatable bonds is 3. The van der Waals surface area contributed by atoms with Crippen LogP contribution in [0.5, 0.6) is 0 Å². The van der Waals surface area contributed by atoms with E-state index >= 15 is 0 Å². The highest BCUT2D eigenvalue weighted by Crippen LogP contribution is 2.39. The van der Waals surface area contributed by atoms with Gasteiger partial charge in [0.05, 0.1) is 0 Å². The minimum Gasteiger partial charge on any atom is -0.347 e. The average molecular weight is 281 g/mol. The molecule has 0 radical (unpaired) electrons. The highest BCUT2D eigenvalue weighted by atomic mass is 35.5. The van der Waals surface area contributed by atoms with Crippen LogP contribution in [0.25, 0.3) is 5.57 Å². The van der Waals surface area contributed by atoms with Crippen molar-refractivity contribution in [2.45, 2.75) is 11.4 Å². The Kier molecular flexibility index (Phi) is 3.80. The number of hydrogen-bond donors (Lipinski definition) is 2. The quantitative estimate of drug-likeness (QED) is 0.829. The first kappa shape index (κ1) is 14.2. The van der Waals surface area contributed by atoms with Crippen molar-refractivity contribution in [2.75, 3.05) is 14.2 Å². The van der Waals surface area contributed by atoms with E-state index in [1.807, 2.05) is 30.3 Å². The first-order chi connectivity index (χ1) is 8.96. The zero-order chi connectivity index (χ0) is 14.1. The number of methoxy groups -OCH3 is 2. The maximum atomic E-state index is 6.26. The Morgan fingerprint density at radius 3 is 2.11 bits per heavy atom. The molecule has 4 N–H and O–H groups in total. The largest absolute Gasteiger partial charge is 0.347 e. The van der Waals surface area contributed by atoms with Crippen LogP contribution in [0.4, 0.5) is 0 Å². The van der Waals surface area contributed by atoms with Gasteiger partial charge >= 0.3 is 0 Å². The number of halogens is 1. The van der Waals surface area contributed by atoms with Gasteiger partial charge in [-0.25, -0.2) is 0 Å². The summed E-state index contributed by atoms with van der Waals surface area (Å²) in [5.41, 5.74) is 12.4. The summed E-state index contributed by atoms with van der Waals surface area (Å²) in [7, 11) is 2.98. The van der Waals surface area contributed by atoms with Crippen LogP contribution >= 0.6 is 11.6 Å². The molecule has 0 heterocycles. The van der Waals surface area contributed by atoms with Crippen molar-refractivity contribution in [2.24, 2.45) is 11.5 Å². The lowest BCUT2D eigenvalue weighted by molar-refractivity contribution is -0.201. The summed E-state index contributed by atoms with van der Waals surface area (Å²) in [5.74, 6) is -1.25. The highest BCUT2D eigenvalue weighted by Gasteiger charge is 2.48. The van der Waals surface area contributed by atoms with Gasteiger partial charge in [0.1, 0.15) is 5.66 Å². The predicted molar refractivity (Wildman–Crippen MR) is 76.2 cm³/mol. The van der Waals surface area contributed by atoms with Crippen molar-refractivity contribution in [3.8, 4) is 0 Å². The van der Waals surface area contributed by atoms with Crippen molar-refractivity contribution in [3.63, 3.8) is 0 Å². The van der Waals surface area contributed by atoms with Gasteiger partial charge in [0, 0.05) is 24.8 Å². The zero-order valence-electron chi connectivity index (χ0n) is 10.9. The second-order valence-electron chi connectivity index (χ2n) is 4.43. The van der Waals surface area contributed by atoms with Gasteiger partial charge in [-0.1, -0.05) is 41.9 Å². The summed E-state index contributed by atoms with van der Waals surface area (Å²) in [5, 5.41) is 0.473. The van der Waals surface area contributed by atoms with E-state index in [-0.39, 0.29) is 0 Å². The van der Waals surface area contributed by atoms with Gasteiger partial charge in [-0.05, 0) is 17.7 Å². The molecule has 0 amide bonds. The molecule has 19 heavy (non-hydrogen) atoms. The normalized spacial score (nSPS) is 20.7. The van der Waals surface area contributed by atoms with E-state index in [9.17, 15) is 0 Å². The van der Waals surface area contributed by atoms with Crippen LogP contribution in [0.1, 0.15) is 5.56 Å². The third-order valence-electron chi connectivity index (χ3n) is 3.25. The fourth-order valence-corrected chi connectivity index (χ4v) is 2.51. The third kappa shape index (κ3) is 2.33. The third-order valence-corrected chi connectivity index (χ3v) is 3.56. The molecular weight excluding hydrogens is 264 g/mol. The Bertz CT molecular complexity index is 520. The van der Waals surface area contributed by atoms with E-state index in [0.29, 0.717) is 5.03 Å². The van der Waals surface area contributed by atoms with E-state index in [1.165, 1.54) is 14.2 Å². The number of hydrogen-bond acceptors (Lipinski definition) is 4. The maximum Gasteiger partial charge on any atom is 0.224 e. The van der Waals surface area contributed by atoms with E-state index < -0.39 is 11.4 Å². The van der Waals surface area contributed by atoms with Crippen LogP contribution in [0.15, 0.2) is 47.5 Å². The molecule has 0 bridgehead atoms. The highest BCUT2D eigenvalue weighted by molar-refractivity contribution is 6.37. The van der Waals surface area contributed by atoms with Crippen LogP contribution in [-0.2, 0) is 9.47 Å². The second kappa shape index (κ2) is 5.07. The average Bonchev–Trinajstić information content (AvgIpc) is 2.40. The summed E-state index contributed by atoms with van der Waals surface area (Å²) < 4.78 is 10.8. The summed E-state index contributed by atoms with van der Waals surface area (Å²) in [6.45, 7) is 0. The molecular formula is C14H17ClN2O2. The Morgan fingerprint density at radius 2 is 1.58 bits per heavy atom. The molecule has 0 unspecified atom stereocenters. The van der Waals surface area contributed by atoms with Crippen LogP contribution in [0.3, 0.4) is 0 Å². The molecule has 1 aliphatic carbocycles. The molecule has 5 heteroatoms. The second-order valence-corrected chi connectivity index (χ2v) is 4.83. The fourth-order valence-electron chi connectivity index (χ4n) is 2.17. The molecule has 102 valence electrons. The molecule has 0 atom stereocenters. The number of ether oxygens (including phenoxy) is 2. The lowest BCUT2D eigenvalue weighted by Gasteiger charge is -2.42. The molecule has 0 aromatic heterocycles. The SMILES string of the molecule is COC1(OC)C=C(c2ccccc2)C(Cl)=CC1(N)N. The molecule has 4 nitrogen and oxygen atoms in total. The van der Waals surface area contributed by atoms with Crippen molar-refractivity contribution in [3.05, 3.63) is 53.1 Å². The molecule has 1 aromatic carbocycles. The summed E-state index contributed by atoms with van der Waals surface area (Å²) in [6, 6.07) is 9.67. The smallest absolute Gasteiger partial charge is 0.224 e. The Balaban J connectivity index is 2.56. The van der Waals surface area contributed by atoms with Crippen molar-refractivity contribution < 1.29 is 9.47 Å². The predicted octanol–water partition coefficient (Wildman–Crippen LogP) is 1.81. The summed E-state index contributed by atoms with van der Waals surface area (Å²) >= 11 is 6.26. The van der Waals surface area contributed by atoms with Crippen LogP contribution in [0.2, 0.25) is 0 Å². The fraction of sp³-hybridized carbons (Fsp3) is 0.286. The first-order valence-electron chi connectivity index (χ1n) is 5.81. The van der Waals surface area contributed by atoms with E-state index in [4.69, 9.17) is 32.5 Å². The first-order valence-corrected chi connectivity index (χ1v) is 6.18. The van der Waals surface area contributed by atoms with E-state index in [1.54, 1.807) is 12.2 Å². The van der Waals surface area contributed by atoms with Gasteiger partial charge in [-0.15, -0.1) is 0 Å². The number of benzene rings is 1. The van der Waals surface area contributed by atoms with Gasteiger partial charge in [0.15, 0.2) is 0 Å². The van der Waals surface area contributed by atoms with Crippen molar-refractivity contribution in [1.82, 2.24) is 0 Å². The minimum atomic E-state index is -1.34. The van der Waals surface area contributed by atoms with Gasteiger partial charge < -0.3 is 20.9 Å². The van der Waals surface area contributed by atoms with E-state index in [2.05, 4.69) is 0 Å². The molecule has 0 saturated heterocycles. The Labute approximate surface area is 117 Å². The topological polar surface area (TPSA) is 70.5 Å². The minimum absolute atomic E-state index is 0.473. The lowest BCUT2D eigenvalue weighted by Crippen LogP contribution is -2.67. The molecule has 2 rings (SSSR count). The molecule has 0 spiro atoms. The Morgan fingerprint density at radius 1 is 1.00 bits per heavy atom. The molecule has 0 fully saturated rings. The van der Waals surface area contributed by atoms with Crippen LogP contribution in [-0.4, -0.2) is 25.7 Å². The number of allylic oxidation sites excluding steroid dienone is 2. The maximum absolute atomic E-state index is 6.26. The molecule has 0 saturated carbocycles. The zero-order valence-corrected chi connectivity index (χ0v) is 11.6. The lowest BCUT2D eigenvalue weighted by atomic mass is 9.88. The van der Waals surface area contributed by atoms with Gasteiger partial charge in [0.25, 0.3) is 0 Å². The Hall–Kier alpha value is -1.17. The standard InChI is InChI=1S/C14H17ClN2O2/c1-18-14(19-2)8-11(10-6-4-3-5-7-10)12(15)9-13(14,16)17/h3-9H,16-17H2,1-2H3. The summed E-state index contributed by atoms with van der Waals surface area (Å²) in [4.78, 5) is 0. The number of nitrogens with two attached hydrogens (primary N) is 2. The summed E-state index contributed by atoms with van der Waals surface area (Å²) in [6.07, 6.45) is 3.26. The van der Waals surface area contributed by atoms with Crippen LogP contribution < -0.4 is 11.5 Å². The monoisotopic (exact) mass is 280 g/mol. The van der Waals surface area contributed by atoms with Gasteiger partial charge in [-0.2, -0.15) is 0 Å². The molecule has 0 aliphatic heterocycles. The van der Waals surface area contributed by atoms with Crippen molar-refractivity contribution in [1.29, 1.82) is 0 Å². The molecule has 1 aromatic rings. The van der Waals surface area contributed by atoms with Crippen LogP contribution in [0, 0.1) is 0 Å². The van der Waals surface area contributed by atoms with Crippen molar-refractivity contribution >= 4 is 17.2 Å².